The maximum Gasteiger partial charge on any atom is 0.467 e. The molecule has 0 aliphatic carbocycles. The van der Waals surface area contributed by atoms with Crippen molar-refractivity contribution in [1.29, 1.82) is 0 Å². The third-order valence-corrected chi connectivity index (χ3v) is 1.08. The van der Waals surface area contributed by atoms with Gasteiger partial charge in [-0.3, -0.25) is 9.47 Å². The third kappa shape index (κ3) is 4.04. The number of rotatable bonds is 2. The van der Waals surface area contributed by atoms with Crippen LogP contribution in [0.5, 0.6) is 0 Å². The van der Waals surface area contributed by atoms with Gasteiger partial charge in [0.25, 0.3) is 0 Å². The number of hydrogen-bond acceptors (Lipinski definition) is 4. The van der Waals surface area contributed by atoms with Gasteiger partial charge in [0.15, 0.2) is 0 Å². The summed E-state index contributed by atoms with van der Waals surface area (Å²) in [4.78, 5) is 9.41. The molecule has 0 saturated carbocycles. The van der Waals surface area contributed by atoms with Crippen LogP contribution in [0, 0.1) is 0 Å². The first-order valence-corrected chi connectivity index (χ1v) is 4.39. The zero-order valence-electron chi connectivity index (χ0n) is 9.13. The second-order valence-electron chi connectivity index (χ2n) is 5.10. The van der Waals surface area contributed by atoms with Crippen LogP contribution in [0.2, 0.25) is 0 Å². The van der Waals surface area contributed by atoms with Crippen molar-refractivity contribution in [3.63, 3.8) is 0 Å². The minimum absolute atomic E-state index is 0.359. The van der Waals surface area contributed by atoms with Gasteiger partial charge in [0.1, 0.15) is 0 Å². The van der Waals surface area contributed by atoms with Crippen LogP contribution in [-0.2, 0) is 19.2 Å². The molecule has 1 rings (SSSR count). The minimum Gasteiger partial charge on any atom is -0.294 e. The molecule has 0 aromatic rings. The highest BCUT2D eigenvalue weighted by Crippen LogP contribution is 2.39. The topological polar surface area (TPSA) is 43.5 Å². The lowest BCUT2D eigenvalue weighted by Crippen LogP contribution is -2.37. The van der Waals surface area contributed by atoms with Crippen molar-refractivity contribution >= 4 is 0 Å². The Kier molecular flexibility index (Phi) is 2.45. The fourth-order valence-corrected chi connectivity index (χ4v) is 0.873. The maximum atomic E-state index is 5.45. The van der Waals surface area contributed by atoms with E-state index in [9.17, 15) is 0 Å². The highest BCUT2D eigenvalue weighted by Gasteiger charge is 2.58. The van der Waals surface area contributed by atoms with E-state index in [0.717, 1.165) is 0 Å². The van der Waals surface area contributed by atoms with Crippen LogP contribution in [0.25, 0.3) is 0 Å². The molecule has 0 atom stereocenters. The Labute approximate surface area is 79.0 Å². The molecule has 1 aliphatic rings. The third-order valence-electron chi connectivity index (χ3n) is 1.08. The summed E-state index contributed by atoms with van der Waals surface area (Å²) >= 11 is 0. The normalized spacial score (nSPS) is 21.7. The predicted molar refractivity (Wildman–Crippen MR) is 46.6 cm³/mol. The smallest absolute Gasteiger partial charge is 0.294 e. The monoisotopic (exact) mass is 190 g/mol. The van der Waals surface area contributed by atoms with Gasteiger partial charge in [-0.15, -0.1) is 9.78 Å². The zero-order chi connectivity index (χ0) is 10.3. The summed E-state index contributed by atoms with van der Waals surface area (Å²) in [6.07, 6.45) is -1.28. The lowest BCUT2D eigenvalue weighted by molar-refractivity contribution is -0.318. The van der Waals surface area contributed by atoms with Crippen molar-refractivity contribution in [2.45, 2.75) is 58.9 Å². The molecule has 1 heterocycles. The van der Waals surface area contributed by atoms with Crippen molar-refractivity contribution < 1.29 is 19.2 Å². The molecule has 0 N–H and O–H groups in total. The first-order chi connectivity index (χ1) is 5.62. The van der Waals surface area contributed by atoms with Gasteiger partial charge in [0, 0.05) is 0 Å². The van der Waals surface area contributed by atoms with Crippen molar-refractivity contribution in [3.8, 4) is 0 Å². The van der Waals surface area contributed by atoms with Gasteiger partial charge < -0.3 is 0 Å². The van der Waals surface area contributed by atoms with E-state index in [1.54, 1.807) is 0 Å². The van der Waals surface area contributed by atoms with Crippen LogP contribution in [-0.4, -0.2) is 17.4 Å². The average Bonchev–Trinajstić information content (AvgIpc) is 2.36. The average molecular weight is 190 g/mol. The van der Waals surface area contributed by atoms with Gasteiger partial charge in [-0.2, -0.15) is 0 Å². The van der Waals surface area contributed by atoms with Crippen molar-refractivity contribution in [3.05, 3.63) is 0 Å². The van der Waals surface area contributed by atoms with E-state index in [1.165, 1.54) is 0 Å². The second kappa shape index (κ2) is 2.92. The summed E-state index contributed by atoms with van der Waals surface area (Å²) in [5.74, 6) is 0. The first kappa shape index (κ1) is 10.9. The van der Waals surface area contributed by atoms with E-state index in [1.807, 2.05) is 41.5 Å². The molecule has 4 nitrogen and oxygen atoms in total. The Balaban J connectivity index is 2.49. The fourth-order valence-electron chi connectivity index (χ4n) is 0.873. The Morgan fingerprint density at radius 1 is 0.769 bits per heavy atom. The van der Waals surface area contributed by atoms with E-state index in [-0.39, 0.29) is 11.2 Å². The molecule has 0 radical (unpaired) electrons. The Bertz CT molecular complexity index is 165. The molecular formula is C9H18O4. The van der Waals surface area contributed by atoms with E-state index >= 15 is 0 Å². The number of ether oxygens (including phenoxy) is 2. The molecule has 13 heavy (non-hydrogen) atoms. The molecule has 78 valence electrons. The van der Waals surface area contributed by atoms with Crippen LogP contribution < -0.4 is 0 Å². The van der Waals surface area contributed by atoms with Gasteiger partial charge in [-0.25, -0.2) is 0 Å². The Morgan fingerprint density at radius 3 is 1.23 bits per heavy atom. The fraction of sp³-hybridized carbons (Fsp3) is 1.00. The molecule has 0 unspecified atom stereocenters. The molecule has 1 fully saturated rings. The molecular weight excluding hydrogens is 172 g/mol. The molecule has 1 aliphatic heterocycles. The van der Waals surface area contributed by atoms with Crippen LogP contribution in [0.1, 0.15) is 41.5 Å². The Morgan fingerprint density at radius 2 is 1.08 bits per heavy atom. The predicted octanol–water partition coefficient (Wildman–Crippen LogP) is 2.19. The summed E-state index contributed by atoms with van der Waals surface area (Å²) in [6, 6.07) is 0. The second-order valence-corrected chi connectivity index (χ2v) is 5.10. The van der Waals surface area contributed by atoms with Crippen LogP contribution >= 0.6 is 0 Å². The lowest BCUT2D eigenvalue weighted by Gasteiger charge is -2.26. The van der Waals surface area contributed by atoms with Gasteiger partial charge in [0.05, 0.1) is 11.2 Å². The van der Waals surface area contributed by atoms with Crippen LogP contribution in [0.3, 0.4) is 0 Å². The SMILES string of the molecule is CC(C)(C)OC1(OC(C)(C)C)OO1. The molecule has 0 spiro atoms. The maximum absolute atomic E-state index is 5.45. The summed E-state index contributed by atoms with van der Waals surface area (Å²) < 4.78 is 10.9. The molecule has 0 amide bonds. The van der Waals surface area contributed by atoms with E-state index in [4.69, 9.17) is 19.2 Å². The Hall–Kier alpha value is -0.160. The van der Waals surface area contributed by atoms with Gasteiger partial charge in [0.2, 0.25) is 0 Å². The quantitative estimate of drug-likeness (QED) is 0.380. The highest BCUT2D eigenvalue weighted by atomic mass is 17.5. The molecule has 0 aromatic carbocycles. The van der Waals surface area contributed by atoms with Gasteiger partial charge in [-0.1, -0.05) is 0 Å². The summed E-state index contributed by atoms with van der Waals surface area (Å²) in [7, 11) is 0. The molecule has 0 bridgehead atoms. The van der Waals surface area contributed by atoms with Crippen molar-refractivity contribution in [2.24, 2.45) is 0 Å². The lowest BCUT2D eigenvalue weighted by atomic mass is 10.2. The largest absolute Gasteiger partial charge is 0.467 e. The standard InChI is InChI=1S/C9H18O4/c1-7(2,3)10-9(12-13-9)11-8(4,5)6/h1-6H3. The van der Waals surface area contributed by atoms with Crippen LogP contribution in [0.15, 0.2) is 0 Å². The van der Waals surface area contributed by atoms with E-state index in [0.29, 0.717) is 0 Å². The minimum atomic E-state index is -1.28. The first-order valence-electron chi connectivity index (χ1n) is 4.39. The molecule has 0 aromatic heterocycles. The number of hydrogen-bond donors (Lipinski definition) is 0. The summed E-state index contributed by atoms with van der Waals surface area (Å²) in [6.45, 7) is 11.5. The molecule has 4 heteroatoms. The molecule has 1 saturated heterocycles. The van der Waals surface area contributed by atoms with E-state index in [2.05, 4.69) is 0 Å². The van der Waals surface area contributed by atoms with E-state index < -0.39 is 6.16 Å². The van der Waals surface area contributed by atoms with Crippen molar-refractivity contribution in [2.75, 3.05) is 0 Å². The zero-order valence-corrected chi connectivity index (χ0v) is 9.13. The van der Waals surface area contributed by atoms with Gasteiger partial charge >= 0.3 is 6.16 Å². The van der Waals surface area contributed by atoms with Crippen LogP contribution in [0.4, 0.5) is 0 Å². The highest BCUT2D eigenvalue weighted by molar-refractivity contribution is 4.67. The van der Waals surface area contributed by atoms with Crippen molar-refractivity contribution in [1.82, 2.24) is 0 Å². The summed E-state index contributed by atoms with van der Waals surface area (Å²) in [5.41, 5.74) is -0.719. The summed E-state index contributed by atoms with van der Waals surface area (Å²) in [5, 5.41) is 0. The van der Waals surface area contributed by atoms with Gasteiger partial charge in [-0.05, 0) is 41.5 Å².